The van der Waals surface area contributed by atoms with E-state index in [9.17, 15) is 10.1 Å². The number of nitro groups is 1. The first-order valence-corrected chi connectivity index (χ1v) is 3.41. The Labute approximate surface area is 66.4 Å². The molecule has 0 aromatic carbocycles. The van der Waals surface area contributed by atoms with Crippen molar-refractivity contribution < 1.29 is 4.92 Å². The average molecular weight is 158 g/mol. The summed E-state index contributed by atoms with van der Waals surface area (Å²) in [7, 11) is 1.68. The fourth-order valence-corrected chi connectivity index (χ4v) is 0.739. The maximum absolute atomic E-state index is 10.1. The zero-order valence-electron chi connectivity index (χ0n) is 7.34. The van der Waals surface area contributed by atoms with Crippen LogP contribution in [0.2, 0.25) is 0 Å². The summed E-state index contributed by atoms with van der Waals surface area (Å²) in [6.07, 6.45) is 1.000. The van der Waals surface area contributed by atoms with Crippen LogP contribution in [0, 0.1) is 15.5 Å². The highest BCUT2D eigenvalue weighted by Gasteiger charge is 2.18. The fraction of sp³-hybridized carbons (Fsp3) is 0.714. The van der Waals surface area contributed by atoms with Crippen LogP contribution in [-0.2, 0) is 0 Å². The monoisotopic (exact) mass is 158 g/mol. The van der Waals surface area contributed by atoms with Gasteiger partial charge in [-0.3, -0.25) is 10.1 Å². The number of rotatable bonds is 2. The minimum Gasteiger partial charge on any atom is -0.386 e. The van der Waals surface area contributed by atoms with Gasteiger partial charge in [0.25, 0.3) is 6.20 Å². The van der Waals surface area contributed by atoms with E-state index in [-0.39, 0.29) is 5.41 Å². The molecule has 0 radical (unpaired) electrons. The van der Waals surface area contributed by atoms with Gasteiger partial charge in [0.1, 0.15) is 0 Å². The molecule has 4 heteroatoms. The normalized spacial score (nSPS) is 12.9. The number of hydrogen-bond acceptors (Lipinski definition) is 3. The molecule has 1 N–H and O–H groups in total. The van der Waals surface area contributed by atoms with Crippen molar-refractivity contribution in [2.24, 2.45) is 5.41 Å². The van der Waals surface area contributed by atoms with Gasteiger partial charge in [0.05, 0.1) is 10.6 Å². The maximum Gasteiger partial charge on any atom is 0.253 e. The van der Waals surface area contributed by atoms with E-state index >= 15 is 0 Å². The van der Waals surface area contributed by atoms with Gasteiger partial charge in [-0.05, 0) is 0 Å². The van der Waals surface area contributed by atoms with Gasteiger partial charge in [-0.1, -0.05) is 20.8 Å². The van der Waals surface area contributed by atoms with Crippen molar-refractivity contribution in [1.29, 1.82) is 0 Å². The molecule has 0 aliphatic rings. The van der Waals surface area contributed by atoms with Crippen LogP contribution in [0.4, 0.5) is 0 Å². The second-order valence-corrected chi connectivity index (χ2v) is 3.33. The Hall–Kier alpha value is -1.06. The molecule has 0 aliphatic carbocycles. The third-order valence-corrected chi connectivity index (χ3v) is 1.31. The third kappa shape index (κ3) is 3.60. The molecule has 0 amide bonds. The zero-order chi connectivity index (χ0) is 9.07. The molecular weight excluding hydrogens is 144 g/mol. The van der Waals surface area contributed by atoms with Gasteiger partial charge in [0.15, 0.2) is 0 Å². The molecule has 0 atom stereocenters. The highest BCUT2D eigenvalue weighted by atomic mass is 16.6. The average Bonchev–Trinajstić information content (AvgIpc) is 1.79. The van der Waals surface area contributed by atoms with Gasteiger partial charge < -0.3 is 5.32 Å². The van der Waals surface area contributed by atoms with Crippen molar-refractivity contribution in [1.82, 2.24) is 5.32 Å². The molecule has 0 aromatic rings. The van der Waals surface area contributed by atoms with E-state index < -0.39 is 4.92 Å². The number of nitrogens with zero attached hydrogens (tertiary/aromatic N) is 1. The highest BCUT2D eigenvalue weighted by molar-refractivity contribution is 5.04. The van der Waals surface area contributed by atoms with E-state index in [1.165, 1.54) is 0 Å². The van der Waals surface area contributed by atoms with Gasteiger partial charge in [0, 0.05) is 12.5 Å². The Morgan fingerprint density at radius 2 is 2.00 bits per heavy atom. The smallest absolute Gasteiger partial charge is 0.253 e. The Morgan fingerprint density at radius 1 is 1.55 bits per heavy atom. The summed E-state index contributed by atoms with van der Waals surface area (Å²) in [6, 6.07) is 0. The van der Waals surface area contributed by atoms with Crippen molar-refractivity contribution in [3.63, 3.8) is 0 Å². The summed E-state index contributed by atoms with van der Waals surface area (Å²) >= 11 is 0. The second-order valence-electron chi connectivity index (χ2n) is 3.33. The first-order valence-electron chi connectivity index (χ1n) is 3.41. The lowest BCUT2D eigenvalue weighted by Crippen LogP contribution is -2.22. The lowest BCUT2D eigenvalue weighted by atomic mass is 9.92. The largest absolute Gasteiger partial charge is 0.386 e. The van der Waals surface area contributed by atoms with Gasteiger partial charge in [-0.2, -0.15) is 0 Å². The van der Waals surface area contributed by atoms with Crippen molar-refractivity contribution in [2.45, 2.75) is 20.8 Å². The molecule has 0 aromatic heterocycles. The fourth-order valence-electron chi connectivity index (χ4n) is 0.739. The summed E-state index contributed by atoms with van der Waals surface area (Å²) in [5, 5.41) is 12.9. The van der Waals surface area contributed by atoms with Crippen LogP contribution in [0.3, 0.4) is 0 Å². The molecule has 0 aliphatic heterocycles. The van der Waals surface area contributed by atoms with Gasteiger partial charge >= 0.3 is 0 Å². The molecule has 0 spiro atoms. The molecule has 0 fully saturated rings. The van der Waals surface area contributed by atoms with Crippen LogP contribution in [0.1, 0.15) is 20.8 Å². The molecule has 0 heterocycles. The molecule has 0 bridgehead atoms. The molecular formula is C7H14N2O2. The Morgan fingerprint density at radius 3 is 2.09 bits per heavy atom. The second kappa shape index (κ2) is 3.37. The summed E-state index contributed by atoms with van der Waals surface area (Å²) in [6.45, 7) is 5.75. The minimum atomic E-state index is -0.447. The highest BCUT2D eigenvalue weighted by Crippen LogP contribution is 2.21. The molecule has 11 heavy (non-hydrogen) atoms. The summed E-state index contributed by atoms with van der Waals surface area (Å²) in [5.41, 5.74) is 0.435. The zero-order valence-corrected chi connectivity index (χ0v) is 7.34. The van der Waals surface area contributed by atoms with Crippen LogP contribution >= 0.6 is 0 Å². The molecule has 4 nitrogen and oxygen atoms in total. The van der Waals surface area contributed by atoms with E-state index in [1.54, 1.807) is 7.05 Å². The van der Waals surface area contributed by atoms with Gasteiger partial charge in [-0.15, -0.1) is 0 Å². The Kier molecular flexibility index (Phi) is 3.04. The molecule has 64 valence electrons. The van der Waals surface area contributed by atoms with Gasteiger partial charge in [0.2, 0.25) is 0 Å². The van der Waals surface area contributed by atoms with E-state index in [1.807, 2.05) is 20.8 Å². The van der Waals surface area contributed by atoms with Crippen LogP contribution in [0.5, 0.6) is 0 Å². The Bertz CT molecular complexity index is 179. The molecule has 0 saturated heterocycles. The van der Waals surface area contributed by atoms with Crippen LogP contribution in [0.15, 0.2) is 11.9 Å². The number of nitrogens with one attached hydrogen (secondary N) is 1. The van der Waals surface area contributed by atoms with Crippen LogP contribution in [-0.4, -0.2) is 12.0 Å². The Balaban J connectivity index is 4.54. The van der Waals surface area contributed by atoms with Crippen molar-refractivity contribution in [3.8, 4) is 0 Å². The van der Waals surface area contributed by atoms with Crippen molar-refractivity contribution in [2.75, 3.05) is 7.05 Å². The predicted molar refractivity (Wildman–Crippen MR) is 43.6 cm³/mol. The standard InChI is InChI=1S/C7H14N2O2/c1-7(2,3)6(8-4)5-9(10)11/h5,8H,1-4H3/b6-5-. The van der Waals surface area contributed by atoms with E-state index in [4.69, 9.17) is 0 Å². The van der Waals surface area contributed by atoms with E-state index in [2.05, 4.69) is 5.32 Å². The third-order valence-electron chi connectivity index (χ3n) is 1.31. The molecule has 0 rings (SSSR count). The summed E-state index contributed by atoms with van der Waals surface area (Å²) in [4.78, 5) is 9.66. The molecule has 0 unspecified atom stereocenters. The first kappa shape index (κ1) is 9.94. The number of allylic oxidation sites excluding steroid dienone is 1. The SMILES string of the molecule is CN/C(=C\[N+](=O)[O-])C(C)(C)C. The van der Waals surface area contributed by atoms with Crippen LogP contribution in [0.25, 0.3) is 0 Å². The quantitative estimate of drug-likeness (QED) is 0.487. The maximum atomic E-state index is 10.1. The summed E-state index contributed by atoms with van der Waals surface area (Å²) in [5.74, 6) is 0. The first-order chi connectivity index (χ1) is 4.88. The minimum absolute atomic E-state index is 0.193. The van der Waals surface area contributed by atoms with Crippen molar-refractivity contribution >= 4 is 0 Å². The topological polar surface area (TPSA) is 55.2 Å². The lowest BCUT2D eigenvalue weighted by Gasteiger charge is -2.19. The predicted octanol–water partition coefficient (Wildman–Crippen LogP) is 1.37. The van der Waals surface area contributed by atoms with Crippen molar-refractivity contribution in [3.05, 3.63) is 22.0 Å². The van der Waals surface area contributed by atoms with E-state index in [0.29, 0.717) is 5.70 Å². The van der Waals surface area contributed by atoms with Gasteiger partial charge in [-0.25, -0.2) is 0 Å². The lowest BCUT2D eigenvalue weighted by molar-refractivity contribution is -0.404. The van der Waals surface area contributed by atoms with E-state index in [0.717, 1.165) is 6.20 Å². The molecule has 0 saturated carbocycles. The van der Waals surface area contributed by atoms with Crippen LogP contribution < -0.4 is 5.32 Å². The number of hydrogen-bond donors (Lipinski definition) is 1. The summed E-state index contributed by atoms with van der Waals surface area (Å²) < 4.78 is 0.